The minimum Gasteiger partial charge on any atom is -0.496 e. The summed E-state index contributed by atoms with van der Waals surface area (Å²) in [7, 11) is 1.69. The lowest BCUT2D eigenvalue weighted by atomic mass is 9.98. The quantitative estimate of drug-likeness (QED) is 0.923. The highest BCUT2D eigenvalue weighted by Gasteiger charge is 2.30. The van der Waals surface area contributed by atoms with Crippen LogP contribution in [0.25, 0.3) is 0 Å². The van der Waals surface area contributed by atoms with E-state index in [1.54, 1.807) is 7.11 Å². The second-order valence-corrected chi connectivity index (χ2v) is 6.35. The molecule has 0 saturated carbocycles. The van der Waals surface area contributed by atoms with Gasteiger partial charge in [-0.1, -0.05) is 17.7 Å². The maximum Gasteiger partial charge on any atom is 0.124 e. The first kappa shape index (κ1) is 14.6. The molecular weight excluding hydrogens is 260 g/mol. The number of nitrogens with one attached hydrogen (secondary N) is 1. The Labute approximate surface area is 120 Å². The first-order chi connectivity index (χ1) is 8.93. The molecule has 19 heavy (non-hydrogen) atoms. The average molecular weight is 283 g/mol. The highest BCUT2D eigenvalue weighted by molar-refractivity contribution is 6.31. The van der Waals surface area contributed by atoms with Crippen molar-refractivity contribution in [1.29, 1.82) is 0 Å². The molecule has 0 aromatic heterocycles. The van der Waals surface area contributed by atoms with Crippen LogP contribution in [0.2, 0.25) is 5.02 Å². The summed E-state index contributed by atoms with van der Waals surface area (Å²) in [6, 6.07) is 6.32. The lowest BCUT2D eigenvalue weighted by Gasteiger charge is -2.43. The fourth-order valence-electron chi connectivity index (χ4n) is 2.57. The summed E-state index contributed by atoms with van der Waals surface area (Å²) in [6.45, 7) is 9.54. The fourth-order valence-corrected chi connectivity index (χ4v) is 2.80. The molecule has 3 nitrogen and oxygen atoms in total. The molecule has 0 bridgehead atoms. The summed E-state index contributed by atoms with van der Waals surface area (Å²) < 4.78 is 5.43. The number of hydrogen-bond acceptors (Lipinski definition) is 3. The second-order valence-electron chi connectivity index (χ2n) is 5.94. The molecule has 0 radical (unpaired) electrons. The molecule has 1 aliphatic heterocycles. The molecule has 1 aliphatic rings. The highest BCUT2D eigenvalue weighted by Crippen LogP contribution is 2.29. The smallest absolute Gasteiger partial charge is 0.124 e. The third-order valence-corrected chi connectivity index (χ3v) is 4.11. The summed E-state index contributed by atoms with van der Waals surface area (Å²) in [5.41, 5.74) is 1.22. The molecule has 1 unspecified atom stereocenters. The average Bonchev–Trinajstić information content (AvgIpc) is 2.36. The molecule has 1 atom stereocenters. The standard InChI is InChI=1S/C15H23ClN2O/c1-11-8-17-15(2,3)10-18(11)9-12-13(16)6-5-7-14(12)19-4/h5-7,11,17H,8-10H2,1-4H3. The molecule has 1 fully saturated rings. The Bertz CT molecular complexity index is 448. The molecule has 1 aromatic carbocycles. The van der Waals surface area contributed by atoms with Gasteiger partial charge in [0.2, 0.25) is 0 Å². The first-order valence-electron chi connectivity index (χ1n) is 6.73. The Morgan fingerprint density at radius 1 is 1.47 bits per heavy atom. The molecule has 1 saturated heterocycles. The van der Waals surface area contributed by atoms with Crippen LogP contribution in [-0.4, -0.2) is 36.7 Å². The topological polar surface area (TPSA) is 24.5 Å². The number of nitrogens with zero attached hydrogens (tertiary/aromatic N) is 1. The van der Waals surface area contributed by atoms with Crippen LogP contribution in [-0.2, 0) is 6.54 Å². The van der Waals surface area contributed by atoms with Crippen molar-refractivity contribution in [2.45, 2.75) is 38.9 Å². The predicted molar refractivity (Wildman–Crippen MR) is 80.0 cm³/mol. The van der Waals surface area contributed by atoms with Gasteiger partial charge in [-0.3, -0.25) is 4.90 Å². The maximum absolute atomic E-state index is 6.32. The summed E-state index contributed by atoms with van der Waals surface area (Å²) in [5.74, 6) is 0.871. The van der Waals surface area contributed by atoms with Crippen molar-refractivity contribution in [2.24, 2.45) is 0 Å². The van der Waals surface area contributed by atoms with Gasteiger partial charge in [0.25, 0.3) is 0 Å². The maximum atomic E-state index is 6.32. The Balaban J connectivity index is 2.20. The minimum atomic E-state index is 0.140. The summed E-state index contributed by atoms with van der Waals surface area (Å²) in [4.78, 5) is 2.46. The minimum absolute atomic E-state index is 0.140. The third-order valence-electron chi connectivity index (χ3n) is 3.75. The van der Waals surface area contributed by atoms with Gasteiger partial charge in [0.05, 0.1) is 7.11 Å². The number of ether oxygens (including phenoxy) is 1. The number of piperazine rings is 1. The Hall–Kier alpha value is -0.770. The third kappa shape index (κ3) is 3.41. The Morgan fingerprint density at radius 2 is 2.21 bits per heavy atom. The van der Waals surface area contributed by atoms with Crippen molar-refractivity contribution in [3.63, 3.8) is 0 Å². The monoisotopic (exact) mass is 282 g/mol. The molecule has 106 valence electrons. The normalized spacial score (nSPS) is 23.3. The van der Waals surface area contributed by atoms with Gasteiger partial charge in [-0.2, -0.15) is 0 Å². The summed E-state index contributed by atoms with van der Waals surface area (Å²) in [6.07, 6.45) is 0. The van der Waals surface area contributed by atoms with E-state index in [0.29, 0.717) is 6.04 Å². The fraction of sp³-hybridized carbons (Fsp3) is 0.600. The number of rotatable bonds is 3. The molecule has 1 heterocycles. The van der Waals surface area contributed by atoms with Crippen molar-refractivity contribution in [1.82, 2.24) is 10.2 Å². The van der Waals surface area contributed by atoms with Crippen LogP contribution in [0.15, 0.2) is 18.2 Å². The van der Waals surface area contributed by atoms with Crippen molar-refractivity contribution in [2.75, 3.05) is 20.2 Å². The lowest BCUT2D eigenvalue weighted by Crippen LogP contribution is -2.60. The van der Waals surface area contributed by atoms with Gasteiger partial charge in [-0.05, 0) is 32.9 Å². The van der Waals surface area contributed by atoms with Gasteiger partial charge in [-0.15, -0.1) is 0 Å². The zero-order valence-corrected chi connectivity index (χ0v) is 12.9. The van der Waals surface area contributed by atoms with E-state index in [-0.39, 0.29) is 5.54 Å². The molecule has 0 amide bonds. The first-order valence-corrected chi connectivity index (χ1v) is 7.11. The van der Waals surface area contributed by atoms with E-state index < -0.39 is 0 Å². The van der Waals surface area contributed by atoms with Gasteiger partial charge in [0, 0.05) is 41.8 Å². The second kappa shape index (κ2) is 5.70. The van der Waals surface area contributed by atoms with E-state index in [4.69, 9.17) is 16.3 Å². The van der Waals surface area contributed by atoms with E-state index in [9.17, 15) is 0 Å². The van der Waals surface area contributed by atoms with E-state index in [1.165, 1.54) is 0 Å². The van der Waals surface area contributed by atoms with Crippen LogP contribution in [0.5, 0.6) is 5.75 Å². The number of halogens is 1. The SMILES string of the molecule is COc1cccc(Cl)c1CN1CC(C)(C)NCC1C. The van der Waals surface area contributed by atoms with Gasteiger partial charge >= 0.3 is 0 Å². The molecule has 0 spiro atoms. The summed E-state index contributed by atoms with van der Waals surface area (Å²) in [5, 5.41) is 4.34. The largest absolute Gasteiger partial charge is 0.496 e. The number of benzene rings is 1. The van der Waals surface area contributed by atoms with Crippen molar-refractivity contribution in [3.8, 4) is 5.75 Å². The highest BCUT2D eigenvalue weighted by atomic mass is 35.5. The van der Waals surface area contributed by atoms with Gasteiger partial charge in [0.1, 0.15) is 5.75 Å². The van der Waals surface area contributed by atoms with Gasteiger partial charge in [0.15, 0.2) is 0 Å². The number of hydrogen-bond donors (Lipinski definition) is 1. The van der Waals surface area contributed by atoms with Crippen molar-refractivity contribution >= 4 is 11.6 Å². The van der Waals surface area contributed by atoms with Crippen LogP contribution in [0.3, 0.4) is 0 Å². The van der Waals surface area contributed by atoms with Gasteiger partial charge < -0.3 is 10.1 Å². The van der Waals surface area contributed by atoms with Crippen LogP contribution in [0.1, 0.15) is 26.3 Å². The van der Waals surface area contributed by atoms with Crippen molar-refractivity contribution < 1.29 is 4.74 Å². The zero-order valence-electron chi connectivity index (χ0n) is 12.2. The predicted octanol–water partition coefficient (Wildman–Crippen LogP) is 2.92. The van der Waals surface area contributed by atoms with E-state index in [2.05, 4.69) is 31.0 Å². The molecule has 2 rings (SSSR count). The van der Waals surface area contributed by atoms with Crippen LogP contribution < -0.4 is 10.1 Å². The lowest BCUT2D eigenvalue weighted by molar-refractivity contribution is 0.0969. The molecule has 1 aromatic rings. The summed E-state index contributed by atoms with van der Waals surface area (Å²) >= 11 is 6.32. The molecule has 1 N–H and O–H groups in total. The Kier molecular flexibility index (Phi) is 4.39. The van der Waals surface area contributed by atoms with Crippen LogP contribution in [0, 0.1) is 0 Å². The van der Waals surface area contributed by atoms with Crippen LogP contribution >= 0.6 is 11.6 Å². The van der Waals surface area contributed by atoms with Crippen molar-refractivity contribution in [3.05, 3.63) is 28.8 Å². The van der Waals surface area contributed by atoms with E-state index in [1.807, 2.05) is 18.2 Å². The zero-order chi connectivity index (χ0) is 14.0. The van der Waals surface area contributed by atoms with Gasteiger partial charge in [-0.25, -0.2) is 0 Å². The molecule has 0 aliphatic carbocycles. The number of methoxy groups -OCH3 is 1. The van der Waals surface area contributed by atoms with Crippen LogP contribution in [0.4, 0.5) is 0 Å². The van der Waals surface area contributed by atoms with E-state index >= 15 is 0 Å². The Morgan fingerprint density at radius 3 is 2.89 bits per heavy atom. The molecular formula is C15H23ClN2O. The van der Waals surface area contributed by atoms with E-state index in [0.717, 1.165) is 36.0 Å². The molecule has 4 heteroatoms.